The minimum absolute atomic E-state index is 0.135. The summed E-state index contributed by atoms with van der Waals surface area (Å²) in [6.45, 7) is 1.62. The van der Waals surface area contributed by atoms with Gasteiger partial charge in [0.25, 0.3) is 0 Å². The minimum Gasteiger partial charge on any atom is -0.467 e. The molecule has 0 spiro atoms. The Morgan fingerprint density at radius 2 is 2.10 bits per heavy atom. The van der Waals surface area contributed by atoms with Crippen LogP contribution < -0.4 is 5.32 Å². The van der Waals surface area contributed by atoms with Crippen LogP contribution in [-0.2, 0) is 19.7 Å². The minimum atomic E-state index is -0.649. The van der Waals surface area contributed by atoms with Gasteiger partial charge in [-0.25, -0.2) is 4.79 Å². The zero-order valence-corrected chi connectivity index (χ0v) is 12.4. The van der Waals surface area contributed by atoms with Crippen molar-refractivity contribution in [2.75, 3.05) is 7.11 Å². The summed E-state index contributed by atoms with van der Waals surface area (Å²) in [6, 6.07) is 6.71. The number of benzene rings is 1. The van der Waals surface area contributed by atoms with Crippen molar-refractivity contribution in [3.8, 4) is 0 Å². The summed E-state index contributed by atoms with van der Waals surface area (Å²) in [5.41, 5.74) is 0.346. The van der Waals surface area contributed by atoms with E-state index in [2.05, 4.69) is 10.1 Å². The predicted octanol–water partition coefficient (Wildman–Crippen LogP) is 2.44. The highest BCUT2D eigenvalue weighted by Crippen LogP contribution is 2.44. The van der Waals surface area contributed by atoms with E-state index in [-0.39, 0.29) is 5.91 Å². The normalized spacial score (nSPS) is 17.8. The third-order valence-electron chi connectivity index (χ3n) is 3.92. The van der Waals surface area contributed by atoms with Gasteiger partial charge in [-0.3, -0.25) is 4.79 Å². The molecule has 0 saturated heterocycles. The molecule has 20 heavy (non-hydrogen) atoms. The Bertz CT molecular complexity index is 526. The predicted molar refractivity (Wildman–Crippen MR) is 76.6 cm³/mol. The van der Waals surface area contributed by atoms with Crippen molar-refractivity contribution in [2.45, 2.75) is 37.6 Å². The summed E-state index contributed by atoms with van der Waals surface area (Å²) in [7, 11) is 1.31. The zero-order chi connectivity index (χ0) is 14.8. The molecule has 1 saturated carbocycles. The first-order valence-electron chi connectivity index (χ1n) is 6.64. The largest absolute Gasteiger partial charge is 0.467 e. The van der Waals surface area contributed by atoms with Crippen LogP contribution in [-0.4, -0.2) is 25.0 Å². The Hall–Kier alpha value is -1.55. The molecule has 1 amide bonds. The van der Waals surface area contributed by atoms with Crippen LogP contribution in [0.1, 0.15) is 31.7 Å². The summed E-state index contributed by atoms with van der Waals surface area (Å²) >= 11 is 6.01. The number of hydrogen-bond donors (Lipinski definition) is 1. The summed E-state index contributed by atoms with van der Waals surface area (Å²) in [4.78, 5) is 23.9. The molecule has 1 aromatic carbocycles. The molecule has 0 heterocycles. The van der Waals surface area contributed by atoms with Gasteiger partial charge in [0.2, 0.25) is 5.91 Å². The highest BCUT2D eigenvalue weighted by molar-refractivity contribution is 6.30. The molecule has 1 aliphatic carbocycles. The number of nitrogens with one attached hydrogen (secondary N) is 1. The second-order valence-corrected chi connectivity index (χ2v) is 5.60. The highest BCUT2D eigenvalue weighted by Gasteiger charge is 2.46. The van der Waals surface area contributed by atoms with Crippen LogP contribution in [0.15, 0.2) is 24.3 Å². The Labute approximate surface area is 123 Å². The van der Waals surface area contributed by atoms with Gasteiger partial charge in [-0.1, -0.05) is 30.2 Å². The Kier molecular flexibility index (Phi) is 4.33. The van der Waals surface area contributed by atoms with E-state index < -0.39 is 17.4 Å². The SMILES string of the molecule is COC(=O)C(C)NC(=O)C1(c2cccc(Cl)c2)CCC1. The smallest absolute Gasteiger partial charge is 0.328 e. The van der Waals surface area contributed by atoms with Gasteiger partial charge in [-0.15, -0.1) is 0 Å². The van der Waals surface area contributed by atoms with Crippen LogP contribution >= 0.6 is 11.6 Å². The molecular formula is C15H18ClNO3. The van der Waals surface area contributed by atoms with Crippen molar-refractivity contribution >= 4 is 23.5 Å². The Morgan fingerprint density at radius 3 is 2.60 bits per heavy atom. The van der Waals surface area contributed by atoms with Crippen molar-refractivity contribution < 1.29 is 14.3 Å². The van der Waals surface area contributed by atoms with Gasteiger partial charge < -0.3 is 10.1 Å². The van der Waals surface area contributed by atoms with Crippen LogP contribution in [0.2, 0.25) is 5.02 Å². The van der Waals surface area contributed by atoms with E-state index in [1.807, 2.05) is 18.2 Å². The van der Waals surface area contributed by atoms with Crippen LogP contribution in [0.25, 0.3) is 0 Å². The summed E-state index contributed by atoms with van der Waals surface area (Å²) in [5.74, 6) is -0.581. The lowest BCUT2D eigenvalue weighted by Crippen LogP contribution is -2.53. The van der Waals surface area contributed by atoms with Gasteiger partial charge in [0.05, 0.1) is 12.5 Å². The average Bonchev–Trinajstić information content (AvgIpc) is 2.36. The molecule has 4 nitrogen and oxygen atoms in total. The van der Waals surface area contributed by atoms with Crippen molar-refractivity contribution in [1.82, 2.24) is 5.32 Å². The molecule has 5 heteroatoms. The number of methoxy groups -OCH3 is 1. The number of ether oxygens (including phenoxy) is 1. The van der Waals surface area contributed by atoms with Gasteiger partial charge in [0.15, 0.2) is 0 Å². The zero-order valence-electron chi connectivity index (χ0n) is 11.6. The number of hydrogen-bond acceptors (Lipinski definition) is 3. The van der Waals surface area contributed by atoms with E-state index in [1.54, 1.807) is 13.0 Å². The molecular weight excluding hydrogens is 278 g/mol. The quantitative estimate of drug-likeness (QED) is 0.868. The van der Waals surface area contributed by atoms with Crippen LogP contribution in [0.5, 0.6) is 0 Å². The first-order valence-corrected chi connectivity index (χ1v) is 7.02. The van der Waals surface area contributed by atoms with E-state index in [0.717, 1.165) is 24.8 Å². The molecule has 1 aromatic rings. The molecule has 0 aromatic heterocycles. The van der Waals surface area contributed by atoms with Crippen molar-refractivity contribution in [2.24, 2.45) is 0 Å². The standard InChI is InChI=1S/C15H18ClNO3/c1-10(13(18)20-2)17-14(19)15(7-4-8-15)11-5-3-6-12(16)9-11/h3,5-6,9-10H,4,7-8H2,1-2H3,(H,17,19). The molecule has 0 radical (unpaired) electrons. The maximum absolute atomic E-state index is 12.5. The summed E-state index contributed by atoms with van der Waals surface area (Å²) in [6.07, 6.45) is 2.53. The third kappa shape index (κ3) is 2.66. The highest BCUT2D eigenvalue weighted by atomic mass is 35.5. The van der Waals surface area contributed by atoms with Crippen LogP contribution in [0.4, 0.5) is 0 Å². The fourth-order valence-corrected chi connectivity index (χ4v) is 2.72. The molecule has 108 valence electrons. The second-order valence-electron chi connectivity index (χ2n) is 5.16. The third-order valence-corrected chi connectivity index (χ3v) is 4.16. The van der Waals surface area contributed by atoms with Crippen LogP contribution in [0.3, 0.4) is 0 Å². The molecule has 2 rings (SSSR count). The van der Waals surface area contributed by atoms with Gasteiger partial charge in [0, 0.05) is 5.02 Å². The Morgan fingerprint density at radius 1 is 1.40 bits per heavy atom. The van der Waals surface area contributed by atoms with Gasteiger partial charge in [-0.05, 0) is 37.5 Å². The van der Waals surface area contributed by atoms with Gasteiger partial charge in [-0.2, -0.15) is 0 Å². The summed E-state index contributed by atoms with van der Waals surface area (Å²) < 4.78 is 4.63. The first-order chi connectivity index (χ1) is 9.49. The molecule has 0 aliphatic heterocycles. The molecule has 1 aliphatic rings. The lowest BCUT2D eigenvalue weighted by molar-refractivity contribution is -0.145. The number of rotatable bonds is 4. The summed E-state index contributed by atoms with van der Waals surface area (Å²) in [5, 5.41) is 3.35. The lowest BCUT2D eigenvalue weighted by Gasteiger charge is -2.41. The molecule has 1 unspecified atom stereocenters. The molecule has 1 atom stereocenters. The maximum Gasteiger partial charge on any atom is 0.328 e. The fourth-order valence-electron chi connectivity index (χ4n) is 2.53. The maximum atomic E-state index is 12.5. The van der Waals surface area contributed by atoms with E-state index in [1.165, 1.54) is 7.11 Å². The topological polar surface area (TPSA) is 55.4 Å². The van der Waals surface area contributed by atoms with Gasteiger partial charge in [0.1, 0.15) is 6.04 Å². The molecule has 1 N–H and O–H groups in total. The number of halogens is 1. The molecule has 1 fully saturated rings. The van der Waals surface area contributed by atoms with E-state index in [9.17, 15) is 9.59 Å². The molecule has 0 bridgehead atoms. The van der Waals surface area contributed by atoms with Crippen LogP contribution in [0, 0.1) is 0 Å². The second kappa shape index (κ2) is 5.83. The number of amides is 1. The van der Waals surface area contributed by atoms with Crippen molar-refractivity contribution in [3.63, 3.8) is 0 Å². The Balaban J connectivity index is 2.19. The van der Waals surface area contributed by atoms with E-state index >= 15 is 0 Å². The fraction of sp³-hybridized carbons (Fsp3) is 0.467. The number of carbonyl (C=O) groups is 2. The van der Waals surface area contributed by atoms with Crippen molar-refractivity contribution in [3.05, 3.63) is 34.9 Å². The first kappa shape index (κ1) is 14.9. The van der Waals surface area contributed by atoms with Gasteiger partial charge >= 0.3 is 5.97 Å². The monoisotopic (exact) mass is 295 g/mol. The average molecular weight is 296 g/mol. The van der Waals surface area contributed by atoms with Crippen molar-refractivity contribution in [1.29, 1.82) is 0 Å². The number of esters is 1. The number of carbonyl (C=O) groups excluding carboxylic acids is 2. The van der Waals surface area contributed by atoms with E-state index in [0.29, 0.717) is 5.02 Å². The lowest BCUT2D eigenvalue weighted by atomic mass is 9.63. The van der Waals surface area contributed by atoms with E-state index in [4.69, 9.17) is 11.6 Å².